The van der Waals surface area contributed by atoms with Crippen molar-refractivity contribution in [3.8, 4) is 0 Å². The number of rotatable bonds is 5. The Balaban J connectivity index is 1.23. The topological polar surface area (TPSA) is 111 Å². The third-order valence-electron chi connectivity index (χ3n) is 6.19. The number of nitrogens with one attached hydrogen (secondary N) is 2. The van der Waals surface area contributed by atoms with Gasteiger partial charge in [0.1, 0.15) is 5.82 Å². The quantitative estimate of drug-likeness (QED) is 0.744. The van der Waals surface area contributed by atoms with Crippen LogP contribution in [0.25, 0.3) is 0 Å². The second kappa shape index (κ2) is 8.81. The molecule has 160 valence electrons. The molecule has 1 atom stereocenters. The first kappa shape index (κ1) is 20.3. The zero-order chi connectivity index (χ0) is 21.1. The number of nitrogens with zero attached hydrogens (tertiary/aromatic N) is 4. The van der Waals surface area contributed by atoms with E-state index < -0.39 is 0 Å². The summed E-state index contributed by atoms with van der Waals surface area (Å²) >= 11 is 0. The molecule has 1 saturated carbocycles. The molecule has 9 heteroatoms. The van der Waals surface area contributed by atoms with Crippen molar-refractivity contribution < 1.29 is 9.59 Å². The summed E-state index contributed by atoms with van der Waals surface area (Å²) in [6.07, 6.45) is 6.15. The van der Waals surface area contributed by atoms with Crippen molar-refractivity contribution in [2.24, 2.45) is 18.9 Å². The van der Waals surface area contributed by atoms with E-state index in [-0.39, 0.29) is 35.4 Å². The highest BCUT2D eigenvalue weighted by atomic mass is 16.2. The van der Waals surface area contributed by atoms with Gasteiger partial charge in [-0.3, -0.25) is 19.1 Å². The van der Waals surface area contributed by atoms with Crippen LogP contribution in [-0.2, 0) is 36.1 Å². The molecule has 1 unspecified atom stereocenters. The van der Waals surface area contributed by atoms with Crippen molar-refractivity contribution in [2.75, 3.05) is 0 Å². The monoisotopic (exact) mass is 412 g/mol. The Labute approximate surface area is 174 Å². The lowest BCUT2D eigenvalue weighted by Gasteiger charge is -2.30. The largest absolute Gasteiger partial charge is 0.353 e. The molecule has 2 aromatic heterocycles. The molecule has 1 fully saturated rings. The van der Waals surface area contributed by atoms with Crippen LogP contribution in [0.5, 0.6) is 0 Å². The summed E-state index contributed by atoms with van der Waals surface area (Å²) in [5, 5.41) is 10.3. The molecule has 4 rings (SSSR count). The lowest BCUT2D eigenvalue weighted by atomic mass is 9.85. The molecular weight excluding hydrogens is 384 g/mol. The zero-order valence-corrected chi connectivity index (χ0v) is 17.2. The van der Waals surface area contributed by atoms with Crippen LogP contribution in [0, 0.1) is 11.8 Å². The smallest absolute Gasteiger partial charge is 0.345 e. The lowest BCUT2D eigenvalue weighted by Crippen LogP contribution is -2.45. The number of hydrogen-bond donors (Lipinski definition) is 2. The highest BCUT2D eigenvalue weighted by Crippen LogP contribution is 2.25. The van der Waals surface area contributed by atoms with Gasteiger partial charge in [-0.1, -0.05) is 6.07 Å². The fraction of sp³-hybridized carbons (Fsp3) is 0.571. The van der Waals surface area contributed by atoms with E-state index in [1.807, 2.05) is 18.2 Å². The first-order valence-corrected chi connectivity index (χ1v) is 10.6. The summed E-state index contributed by atoms with van der Waals surface area (Å²) in [6.45, 7) is 0.826. The van der Waals surface area contributed by atoms with E-state index in [0.29, 0.717) is 25.9 Å². The Morgan fingerprint density at radius 2 is 1.90 bits per heavy atom. The van der Waals surface area contributed by atoms with Gasteiger partial charge in [0.05, 0.1) is 18.2 Å². The molecule has 0 aromatic carbocycles. The first-order valence-electron chi connectivity index (χ1n) is 10.6. The van der Waals surface area contributed by atoms with Gasteiger partial charge < -0.3 is 10.6 Å². The molecule has 9 nitrogen and oxygen atoms in total. The van der Waals surface area contributed by atoms with E-state index >= 15 is 0 Å². The fourth-order valence-corrected chi connectivity index (χ4v) is 4.40. The summed E-state index contributed by atoms with van der Waals surface area (Å²) in [7, 11) is 1.63. The highest BCUT2D eigenvalue weighted by Gasteiger charge is 2.31. The third kappa shape index (κ3) is 4.44. The van der Waals surface area contributed by atoms with Gasteiger partial charge in [0, 0.05) is 38.2 Å². The minimum Gasteiger partial charge on any atom is -0.353 e. The Morgan fingerprint density at radius 3 is 2.63 bits per heavy atom. The molecule has 0 spiro atoms. The molecular formula is C21H28N6O3. The van der Waals surface area contributed by atoms with Crippen molar-refractivity contribution in [2.45, 2.75) is 57.7 Å². The van der Waals surface area contributed by atoms with Gasteiger partial charge in [-0.2, -0.15) is 5.10 Å². The van der Waals surface area contributed by atoms with E-state index in [2.05, 4.69) is 20.7 Å². The highest BCUT2D eigenvalue weighted by molar-refractivity contribution is 5.80. The van der Waals surface area contributed by atoms with Crippen LogP contribution in [0.3, 0.4) is 0 Å². The van der Waals surface area contributed by atoms with Gasteiger partial charge in [0.25, 0.3) is 0 Å². The Morgan fingerprint density at radius 1 is 1.10 bits per heavy atom. The number of carbonyl (C=O) groups excluding carboxylic acids is 2. The van der Waals surface area contributed by atoms with Crippen molar-refractivity contribution in [1.82, 2.24) is 30.0 Å². The van der Waals surface area contributed by atoms with Crippen LogP contribution in [0.15, 0.2) is 29.2 Å². The first-order chi connectivity index (χ1) is 14.5. The lowest BCUT2D eigenvalue weighted by molar-refractivity contribution is -0.127. The van der Waals surface area contributed by atoms with Crippen LogP contribution < -0.4 is 16.3 Å². The number of amides is 2. The maximum atomic E-state index is 12.7. The number of aryl methyl sites for hydroxylation is 2. The number of fused-ring (bicyclic) bond motifs is 1. The number of hydrogen-bond acceptors (Lipinski definition) is 5. The SMILES string of the molecule is Cn1nc2n(c1=O)CC(C(=O)NC1CCC(C(=O)NCc3ccccn3)CC1)CC2. The van der Waals surface area contributed by atoms with Crippen LogP contribution in [0.2, 0.25) is 0 Å². The fourth-order valence-electron chi connectivity index (χ4n) is 4.40. The summed E-state index contributed by atoms with van der Waals surface area (Å²) in [4.78, 5) is 41.5. The average molecular weight is 412 g/mol. The Hall–Kier alpha value is -2.97. The predicted octanol–water partition coefficient (Wildman–Crippen LogP) is 0.531. The molecule has 1 aliphatic carbocycles. The number of aromatic nitrogens is 4. The Bertz CT molecular complexity index is 959. The van der Waals surface area contributed by atoms with Crippen molar-refractivity contribution >= 4 is 11.8 Å². The van der Waals surface area contributed by atoms with Gasteiger partial charge in [-0.15, -0.1) is 0 Å². The molecule has 2 aliphatic rings. The minimum atomic E-state index is -0.209. The van der Waals surface area contributed by atoms with Gasteiger partial charge in [0.15, 0.2) is 0 Å². The van der Waals surface area contributed by atoms with E-state index in [0.717, 1.165) is 37.2 Å². The van der Waals surface area contributed by atoms with E-state index in [1.54, 1.807) is 17.8 Å². The van der Waals surface area contributed by atoms with Gasteiger partial charge in [0.2, 0.25) is 11.8 Å². The molecule has 2 amide bonds. The predicted molar refractivity (Wildman–Crippen MR) is 109 cm³/mol. The molecule has 0 radical (unpaired) electrons. The summed E-state index contributed by atoms with van der Waals surface area (Å²) in [6, 6.07) is 5.73. The van der Waals surface area contributed by atoms with E-state index in [4.69, 9.17) is 0 Å². The summed E-state index contributed by atoms with van der Waals surface area (Å²) in [5.74, 6) is 0.580. The molecule has 0 saturated heterocycles. The number of carbonyl (C=O) groups is 2. The molecule has 0 bridgehead atoms. The molecule has 2 N–H and O–H groups in total. The maximum absolute atomic E-state index is 12.7. The van der Waals surface area contributed by atoms with Gasteiger partial charge in [-0.25, -0.2) is 9.48 Å². The van der Waals surface area contributed by atoms with Crippen molar-refractivity contribution in [1.29, 1.82) is 0 Å². The summed E-state index contributed by atoms with van der Waals surface area (Å²) in [5.41, 5.74) is 0.676. The second-order valence-corrected chi connectivity index (χ2v) is 8.26. The van der Waals surface area contributed by atoms with Crippen LogP contribution in [0.4, 0.5) is 0 Å². The van der Waals surface area contributed by atoms with Crippen molar-refractivity contribution in [3.63, 3.8) is 0 Å². The number of pyridine rings is 1. The van der Waals surface area contributed by atoms with Crippen LogP contribution in [0.1, 0.15) is 43.6 Å². The molecule has 2 aromatic rings. The standard InChI is InChI=1S/C21H28N6O3/c1-26-21(30)27-13-15(7-10-18(27)25-26)20(29)24-16-8-5-14(6-9-16)19(28)23-12-17-4-2-3-11-22-17/h2-4,11,14-16H,5-10,12-13H2,1H3,(H,23,28)(H,24,29). The van der Waals surface area contributed by atoms with E-state index in [9.17, 15) is 14.4 Å². The average Bonchev–Trinajstić information content (AvgIpc) is 3.06. The summed E-state index contributed by atoms with van der Waals surface area (Å²) < 4.78 is 2.94. The molecule has 3 heterocycles. The molecule has 30 heavy (non-hydrogen) atoms. The van der Waals surface area contributed by atoms with Crippen LogP contribution >= 0.6 is 0 Å². The van der Waals surface area contributed by atoms with Crippen molar-refractivity contribution in [3.05, 3.63) is 46.4 Å². The Kier molecular flexibility index (Phi) is 5.96. The van der Waals surface area contributed by atoms with Gasteiger partial charge in [-0.05, 0) is 44.2 Å². The van der Waals surface area contributed by atoms with E-state index in [1.165, 1.54) is 4.68 Å². The maximum Gasteiger partial charge on any atom is 0.345 e. The third-order valence-corrected chi connectivity index (χ3v) is 6.19. The molecule has 1 aliphatic heterocycles. The normalized spacial score (nSPS) is 23.4. The van der Waals surface area contributed by atoms with Gasteiger partial charge >= 0.3 is 5.69 Å². The second-order valence-electron chi connectivity index (χ2n) is 8.26. The van der Waals surface area contributed by atoms with Crippen LogP contribution in [-0.4, -0.2) is 37.2 Å². The zero-order valence-electron chi connectivity index (χ0n) is 17.2. The minimum absolute atomic E-state index is 0.000503.